The maximum Gasteiger partial charge on any atom is 0.317 e. The number of urea groups is 1. The predicted molar refractivity (Wildman–Crippen MR) is 88.2 cm³/mol. The highest BCUT2D eigenvalue weighted by atomic mass is 32.1. The van der Waals surface area contributed by atoms with E-state index in [9.17, 15) is 4.79 Å². The quantitative estimate of drug-likeness (QED) is 0.918. The Balaban J connectivity index is 1.88. The Hall–Kier alpha value is -1.82. The summed E-state index contributed by atoms with van der Waals surface area (Å²) in [5, 5.41) is 6.95. The molecule has 0 saturated heterocycles. The molecule has 0 radical (unpaired) electrons. The fourth-order valence-electron chi connectivity index (χ4n) is 2.31. The van der Waals surface area contributed by atoms with Crippen molar-refractivity contribution in [3.63, 3.8) is 0 Å². The van der Waals surface area contributed by atoms with E-state index >= 15 is 0 Å². The molecular weight excluding hydrogens is 298 g/mol. The third-order valence-corrected chi connectivity index (χ3v) is 4.62. The molecule has 2 aromatic rings. The molecule has 120 valence electrons. The maximum absolute atomic E-state index is 12.3. The Bertz CT molecular complexity index is 628. The molecule has 0 aliphatic rings. The maximum atomic E-state index is 12.3. The molecule has 0 fully saturated rings. The Morgan fingerprint density at radius 1 is 1.41 bits per heavy atom. The molecule has 0 aliphatic heterocycles. The van der Waals surface area contributed by atoms with Crippen LogP contribution in [0.4, 0.5) is 4.79 Å². The summed E-state index contributed by atoms with van der Waals surface area (Å²) in [4.78, 5) is 16.5. The van der Waals surface area contributed by atoms with Gasteiger partial charge in [0.05, 0.1) is 12.2 Å². The molecule has 2 aromatic heterocycles. The number of aryl methyl sites for hydroxylation is 3. The lowest BCUT2D eigenvalue weighted by Crippen LogP contribution is -2.42. The second-order valence-corrected chi connectivity index (χ2v) is 7.10. The van der Waals surface area contributed by atoms with Gasteiger partial charge in [-0.25, -0.2) is 4.79 Å². The molecule has 5 nitrogen and oxygen atoms in total. The highest BCUT2D eigenvalue weighted by Gasteiger charge is 2.17. The number of nitrogens with zero attached hydrogens (tertiary/aromatic N) is 2. The van der Waals surface area contributed by atoms with Gasteiger partial charge in [0.2, 0.25) is 0 Å². The van der Waals surface area contributed by atoms with Crippen LogP contribution in [0.3, 0.4) is 0 Å². The standard InChI is InChI=1S/C16H23N3O2S/c1-10(8-14-7-6-11(2)22-14)17-16(20)19(5)9-15-12(3)18-21-13(15)4/h6-7,10H,8-9H2,1-5H3,(H,17,20). The molecule has 0 aliphatic carbocycles. The molecule has 2 rings (SSSR count). The number of rotatable bonds is 5. The van der Waals surface area contributed by atoms with Gasteiger partial charge in [-0.1, -0.05) is 5.16 Å². The Kier molecular flexibility index (Phi) is 5.24. The summed E-state index contributed by atoms with van der Waals surface area (Å²) in [6.45, 7) is 8.37. The van der Waals surface area contributed by atoms with E-state index in [0.29, 0.717) is 6.54 Å². The number of aromatic nitrogens is 1. The average molecular weight is 321 g/mol. The summed E-state index contributed by atoms with van der Waals surface area (Å²) in [5.41, 5.74) is 1.80. The summed E-state index contributed by atoms with van der Waals surface area (Å²) in [5.74, 6) is 0.763. The highest BCUT2D eigenvalue weighted by molar-refractivity contribution is 7.11. The summed E-state index contributed by atoms with van der Waals surface area (Å²) in [6.07, 6.45) is 0.851. The summed E-state index contributed by atoms with van der Waals surface area (Å²) < 4.78 is 5.13. The van der Waals surface area contributed by atoms with Gasteiger partial charge in [0.1, 0.15) is 5.76 Å². The molecule has 1 unspecified atom stereocenters. The van der Waals surface area contributed by atoms with Gasteiger partial charge >= 0.3 is 6.03 Å². The molecule has 1 N–H and O–H groups in total. The number of carbonyl (C=O) groups is 1. The molecule has 0 spiro atoms. The third kappa shape index (κ3) is 4.10. The minimum atomic E-state index is -0.0826. The summed E-state index contributed by atoms with van der Waals surface area (Å²) in [7, 11) is 1.78. The minimum Gasteiger partial charge on any atom is -0.361 e. The van der Waals surface area contributed by atoms with Crippen molar-refractivity contribution in [2.24, 2.45) is 0 Å². The van der Waals surface area contributed by atoms with Crippen LogP contribution in [0.15, 0.2) is 16.7 Å². The van der Waals surface area contributed by atoms with Crippen LogP contribution < -0.4 is 5.32 Å². The number of thiophene rings is 1. The van der Waals surface area contributed by atoms with Crippen LogP contribution in [0.25, 0.3) is 0 Å². The first-order valence-corrected chi connectivity index (χ1v) is 8.17. The van der Waals surface area contributed by atoms with Crippen LogP contribution in [0.5, 0.6) is 0 Å². The zero-order valence-corrected chi connectivity index (χ0v) is 14.6. The molecule has 2 amide bonds. The molecule has 1 atom stereocenters. The fraction of sp³-hybridized carbons (Fsp3) is 0.500. The molecule has 0 bridgehead atoms. The lowest BCUT2D eigenvalue weighted by Gasteiger charge is -2.21. The monoisotopic (exact) mass is 321 g/mol. The van der Waals surface area contributed by atoms with Gasteiger partial charge in [0, 0.05) is 34.8 Å². The van der Waals surface area contributed by atoms with Crippen molar-refractivity contribution in [1.29, 1.82) is 0 Å². The van der Waals surface area contributed by atoms with Crippen molar-refractivity contribution in [1.82, 2.24) is 15.4 Å². The van der Waals surface area contributed by atoms with E-state index in [4.69, 9.17) is 4.52 Å². The van der Waals surface area contributed by atoms with Gasteiger partial charge in [-0.3, -0.25) is 0 Å². The first-order valence-electron chi connectivity index (χ1n) is 7.35. The third-order valence-electron chi connectivity index (χ3n) is 3.60. The van der Waals surface area contributed by atoms with Crippen LogP contribution in [0, 0.1) is 20.8 Å². The number of hydrogen-bond acceptors (Lipinski definition) is 4. The van der Waals surface area contributed by atoms with Crippen LogP contribution >= 0.6 is 11.3 Å². The Morgan fingerprint density at radius 2 is 2.14 bits per heavy atom. The van der Waals surface area contributed by atoms with Gasteiger partial charge in [0.25, 0.3) is 0 Å². The smallest absolute Gasteiger partial charge is 0.317 e. The normalized spacial score (nSPS) is 12.2. The van der Waals surface area contributed by atoms with Crippen molar-refractivity contribution in [2.45, 2.75) is 46.7 Å². The molecule has 6 heteroatoms. The van der Waals surface area contributed by atoms with Gasteiger partial charge in [-0.05, 0) is 39.8 Å². The van der Waals surface area contributed by atoms with E-state index in [1.165, 1.54) is 9.75 Å². The largest absolute Gasteiger partial charge is 0.361 e. The first-order chi connectivity index (χ1) is 10.4. The van der Waals surface area contributed by atoms with Crippen LogP contribution in [-0.4, -0.2) is 29.2 Å². The molecular formula is C16H23N3O2S. The van der Waals surface area contributed by atoms with Gasteiger partial charge in [-0.15, -0.1) is 11.3 Å². The molecule has 0 aromatic carbocycles. The highest BCUT2D eigenvalue weighted by Crippen LogP contribution is 2.17. The number of hydrogen-bond donors (Lipinski definition) is 1. The van der Waals surface area contributed by atoms with E-state index in [2.05, 4.69) is 29.5 Å². The van der Waals surface area contributed by atoms with Crippen molar-refractivity contribution in [2.75, 3.05) is 7.05 Å². The molecule has 0 saturated carbocycles. The summed E-state index contributed by atoms with van der Waals surface area (Å²) >= 11 is 1.77. The van der Waals surface area contributed by atoms with E-state index in [1.54, 1.807) is 23.3 Å². The second kappa shape index (κ2) is 6.96. The SMILES string of the molecule is Cc1ccc(CC(C)NC(=O)N(C)Cc2c(C)noc2C)s1. The minimum absolute atomic E-state index is 0.0826. The Labute approximate surface area is 135 Å². The second-order valence-electron chi connectivity index (χ2n) is 5.73. The van der Waals surface area contributed by atoms with Gasteiger partial charge < -0.3 is 14.7 Å². The van der Waals surface area contributed by atoms with Gasteiger partial charge in [0.15, 0.2) is 0 Å². The number of nitrogens with one attached hydrogen (secondary N) is 1. The fourth-order valence-corrected chi connectivity index (χ4v) is 3.32. The van der Waals surface area contributed by atoms with Crippen LogP contribution in [0.2, 0.25) is 0 Å². The number of carbonyl (C=O) groups excluding carboxylic acids is 1. The summed E-state index contributed by atoms with van der Waals surface area (Å²) in [6, 6.07) is 4.24. The average Bonchev–Trinajstić information content (AvgIpc) is 2.98. The zero-order chi connectivity index (χ0) is 16.3. The van der Waals surface area contributed by atoms with Crippen LogP contribution in [-0.2, 0) is 13.0 Å². The zero-order valence-electron chi connectivity index (χ0n) is 13.8. The topological polar surface area (TPSA) is 58.4 Å². The lowest BCUT2D eigenvalue weighted by molar-refractivity contribution is 0.203. The van der Waals surface area contributed by atoms with Crippen molar-refractivity contribution < 1.29 is 9.32 Å². The molecule has 22 heavy (non-hydrogen) atoms. The predicted octanol–water partition coefficient (Wildman–Crippen LogP) is 3.43. The molecule has 2 heterocycles. The van der Waals surface area contributed by atoms with Crippen molar-refractivity contribution >= 4 is 17.4 Å². The van der Waals surface area contributed by atoms with Crippen molar-refractivity contribution in [3.8, 4) is 0 Å². The van der Waals surface area contributed by atoms with Gasteiger partial charge in [-0.2, -0.15) is 0 Å². The van der Waals surface area contributed by atoms with E-state index in [-0.39, 0.29) is 12.1 Å². The Morgan fingerprint density at radius 3 is 2.68 bits per heavy atom. The van der Waals surface area contributed by atoms with E-state index in [0.717, 1.165) is 23.4 Å². The first kappa shape index (κ1) is 16.5. The van der Waals surface area contributed by atoms with E-state index < -0.39 is 0 Å². The van der Waals surface area contributed by atoms with Crippen molar-refractivity contribution in [3.05, 3.63) is 38.9 Å². The van der Waals surface area contributed by atoms with Crippen LogP contribution in [0.1, 0.15) is 33.7 Å². The number of amides is 2. The lowest BCUT2D eigenvalue weighted by atomic mass is 10.2. The van der Waals surface area contributed by atoms with E-state index in [1.807, 2.05) is 20.8 Å².